The minimum absolute atomic E-state index is 0.562. The van der Waals surface area contributed by atoms with Gasteiger partial charge in [0.1, 0.15) is 5.82 Å². The number of H-pyrrole nitrogens is 1. The van der Waals surface area contributed by atoms with Crippen LogP contribution in [0.25, 0.3) is 10.9 Å². The van der Waals surface area contributed by atoms with Crippen LogP contribution in [0.2, 0.25) is 0 Å². The number of fused-ring (bicyclic) bond motifs is 1. The molecule has 9 nitrogen and oxygen atoms in total. The Balaban J connectivity index is 1.10. The molecule has 2 aromatic heterocycles. The highest BCUT2D eigenvalue weighted by atomic mass is 15.5. The Bertz CT molecular complexity index is 1370. The normalized spacial score (nSPS) is 16.7. The number of aromatic nitrogens is 6. The van der Waals surface area contributed by atoms with Crippen LogP contribution in [0, 0.1) is 12.8 Å². The lowest BCUT2D eigenvalue weighted by atomic mass is 9.91. The third-order valence-corrected chi connectivity index (χ3v) is 8.67. The van der Waals surface area contributed by atoms with E-state index in [0.29, 0.717) is 11.9 Å². The summed E-state index contributed by atoms with van der Waals surface area (Å²) in [6, 6.07) is 11.0. The van der Waals surface area contributed by atoms with Crippen LogP contribution in [0.3, 0.4) is 0 Å². The van der Waals surface area contributed by atoms with Crippen molar-refractivity contribution in [1.82, 2.24) is 30.6 Å². The van der Waals surface area contributed by atoms with Crippen LogP contribution in [0.4, 0.5) is 23.0 Å². The first-order chi connectivity index (χ1) is 19.2. The third kappa shape index (κ3) is 5.67. The van der Waals surface area contributed by atoms with Gasteiger partial charge >= 0.3 is 0 Å². The maximum Gasteiger partial charge on any atom is 0.227 e. The van der Waals surface area contributed by atoms with Crippen molar-refractivity contribution >= 4 is 33.9 Å². The number of nitrogens with one attached hydrogen (secondary N) is 3. The van der Waals surface area contributed by atoms with Crippen molar-refractivity contribution in [3.8, 4) is 0 Å². The summed E-state index contributed by atoms with van der Waals surface area (Å²) < 4.78 is 0. The van der Waals surface area contributed by atoms with Crippen LogP contribution in [0.15, 0.2) is 36.5 Å². The minimum Gasteiger partial charge on any atom is -0.388 e. The quantitative estimate of drug-likeness (QED) is 0.239. The van der Waals surface area contributed by atoms with Gasteiger partial charge in [0.2, 0.25) is 5.95 Å². The highest BCUT2D eigenvalue weighted by molar-refractivity contribution is 5.90. The largest absolute Gasteiger partial charge is 0.388 e. The number of aryl methyl sites for hydroxylation is 2. The molecule has 0 amide bonds. The molecular weight excluding hydrogens is 486 g/mol. The third-order valence-electron chi connectivity index (χ3n) is 8.67. The Kier molecular flexibility index (Phi) is 7.56. The van der Waals surface area contributed by atoms with Gasteiger partial charge in [-0.2, -0.15) is 0 Å². The fraction of sp³-hybridized carbons (Fsp3) is 0.500. The number of benzene rings is 2. The van der Waals surface area contributed by atoms with E-state index in [4.69, 9.17) is 4.98 Å². The molecule has 39 heavy (non-hydrogen) atoms. The number of hydrogen-bond donors (Lipinski definition) is 3. The smallest absolute Gasteiger partial charge is 0.227 e. The number of nitrogens with zero attached hydrogens (tertiary/aromatic N) is 6. The van der Waals surface area contributed by atoms with Crippen molar-refractivity contribution in [3.05, 3.63) is 53.5 Å². The summed E-state index contributed by atoms with van der Waals surface area (Å²) in [6.07, 6.45) is 12.8. The molecular formula is C30H39N9. The van der Waals surface area contributed by atoms with Gasteiger partial charge in [-0.05, 0) is 104 Å². The van der Waals surface area contributed by atoms with Crippen molar-refractivity contribution in [2.75, 3.05) is 35.7 Å². The summed E-state index contributed by atoms with van der Waals surface area (Å²) >= 11 is 0. The molecule has 2 fully saturated rings. The summed E-state index contributed by atoms with van der Waals surface area (Å²) in [5, 5.41) is 22.2. The first kappa shape index (κ1) is 25.5. The number of aromatic amines is 1. The van der Waals surface area contributed by atoms with E-state index in [-0.39, 0.29) is 0 Å². The lowest BCUT2D eigenvalue weighted by Crippen LogP contribution is -2.33. The summed E-state index contributed by atoms with van der Waals surface area (Å²) in [7, 11) is 2.02. The molecule has 0 bridgehead atoms. The first-order valence-corrected chi connectivity index (χ1v) is 14.5. The van der Waals surface area contributed by atoms with Crippen LogP contribution >= 0.6 is 0 Å². The molecule has 1 aliphatic heterocycles. The zero-order valence-electron chi connectivity index (χ0n) is 23.1. The maximum atomic E-state index is 5.06. The number of rotatable bonds is 9. The second-order valence-electron chi connectivity index (χ2n) is 11.2. The van der Waals surface area contributed by atoms with E-state index in [1.807, 2.05) is 13.2 Å². The number of tetrazole rings is 1. The second kappa shape index (κ2) is 11.6. The molecule has 0 unspecified atom stereocenters. The van der Waals surface area contributed by atoms with Crippen molar-refractivity contribution in [2.24, 2.45) is 5.92 Å². The van der Waals surface area contributed by atoms with Gasteiger partial charge in [-0.3, -0.25) is 0 Å². The zero-order valence-corrected chi connectivity index (χ0v) is 23.1. The second-order valence-corrected chi connectivity index (χ2v) is 11.2. The van der Waals surface area contributed by atoms with Crippen LogP contribution in [0.5, 0.6) is 0 Å². The van der Waals surface area contributed by atoms with Gasteiger partial charge in [0.05, 0.1) is 5.52 Å². The SMILES string of the molecule is CNc1cc(C)c2cnc(Nc3ccc(N4CCC(CCCc5nnn[nH]5)CC4)cc3)nc2c1C1CCCC1. The summed E-state index contributed by atoms with van der Waals surface area (Å²) in [5.41, 5.74) is 7.15. The van der Waals surface area contributed by atoms with Crippen molar-refractivity contribution in [3.63, 3.8) is 0 Å². The van der Waals surface area contributed by atoms with Crippen LogP contribution < -0.4 is 15.5 Å². The monoisotopic (exact) mass is 525 g/mol. The molecule has 2 aliphatic rings. The molecule has 204 valence electrons. The fourth-order valence-corrected chi connectivity index (χ4v) is 6.48. The molecule has 1 aliphatic carbocycles. The summed E-state index contributed by atoms with van der Waals surface area (Å²) in [6.45, 7) is 4.36. The molecule has 3 heterocycles. The Morgan fingerprint density at radius 1 is 1.05 bits per heavy atom. The fourth-order valence-electron chi connectivity index (χ4n) is 6.48. The van der Waals surface area contributed by atoms with Gasteiger partial charge < -0.3 is 15.5 Å². The van der Waals surface area contributed by atoms with E-state index < -0.39 is 0 Å². The van der Waals surface area contributed by atoms with Crippen molar-refractivity contribution in [2.45, 2.75) is 70.6 Å². The van der Waals surface area contributed by atoms with E-state index in [2.05, 4.69) is 78.4 Å². The Morgan fingerprint density at radius 3 is 2.56 bits per heavy atom. The standard InChI is InChI=1S/C30H39N9/c1-20-18-26(31-2)28(22-7-3-4-8-22)29-25(20)19-32-30(34-29)33-23-10-12-24(13-11-23)39-16-14-21(15-17-39)6-5-9-27-35-37-38-36-27/h10-13,18-19,21-22,31H,3-9,14-17H2,1-2H3,(H,32,33,34)(H,35,36,37,38). The van der Waals surface area contributed by atoms with Gasteiger partial charge in [0.15, 0.2) is 0 Å². The maximum absolute atomic E-state index is 5.06. The van der Waals surface area contributed by atoms with Crippen molar-refractivity contribution in [1.29, 1.82) is 0 Å². The highest BCUT2D eigenvalue weighted by Crippen LogP contribution is 2.42. The predicted octanol–water partition coefficient (Wildman–Crippen LogP) is 6.13. The number of hydrogen-bond acceptors (Lipinski definition) is 8. The molecule has 9 heteroatoms. The molecule has 3 N–H and O–H groups in total. The summed E-state index contributed by atoms with van der Waals surface area (Å²) in [4.78, 5) is 12.2. The lowest BCUT2D eigenvalue weighted by molar-refractivity contribution is 0.372. The predicted molar refractivity (Wildman–Crippen MR) is 157 cm³/mol. The average molecular weight is 526 g/mol. The van der Waals surface area contributed by atoms with E-state index in [0.717, 1.165) is 54.3 Å². The Labute approximate surface area is 230 Å². The molecule has 1 saturated heterocycles. The molecule has 0 radical (unpaired) electrons. The molecule has 2 aromatic carbocycles. The van der Waals surface area contributed by atoms with E-state index in [1.54, 1.807) is 0 Å². The van der Waals surface area contributed by atoms with Gasteiger partial charge in [-0.25, -0.2) is 15.1 Å². The highest BCUT2D eigenvalue weighted by Gasteiger charge is 2.24. The molecule has 6 rings (SSSR count). The molecule has 4 aromatic rings. The van der Waals surface area contributed by atoms with Gasteiger partial charge in [0, 0.05) is 60.8 Å². The Hall–Kier alpha value is -3.75. The van der Waals surface area contributed by atoms with Crippen LogP contribution in [0.1, 0.15) is 74.2 Å². The van der Waals surface area contributed by atoms with Crippen LogP contribution in [-0.4, -0.2) is 50.7 Å². The average Bonchev–Trinajstić information content (AvgIpc) is 3.69. The molecule has 1 saturated carbocycles. The van der Waals surface area contributed by atoms with E-state index >= 15 is 0 Å². The molecule has 0 spiro atoms. The topological polar surface area (TPSA) is 108 Å². The zero-order chi connectivity index (χ0) is 26.6. The number of anilines is 4. The van der Waals surface area contributed by atoms with Gasteiger partial charge in [-0.15, -0.1) is 5.10 Å². The van der Waals surface area contributed by atoms with Crippen LogP contribution in [-0.2, 0) is 6.42 Å². The van der Waals surface area contributed by atoms with Gasteiger partial charge in [-0.1, -0.05) is 12.8 Å². The minimum atomic E-state index is 0.562. The molecule has 0 atom stereocenters. The van der Waals surface area contributed by atoms with E-state index in [9.17, 15) is 0 Å². The van der Waals surface area contributed by atoms with Crippen molar-refractivity contribution < 1.29 is 0 Å². The summed E-state index contributed by atoms with van der Waals surface area (Å²) in [5.74, 6) is 2.89. The first-order valence-electron chi connectivity index (χ1n) is 14.5. The lowest BCUT2D eigenvalue weighted by Gasteiger charge is -2.33. The van der Waals surface area contributed by atoms with E-state index in [1.165, 1.54) is 67.4 Å². The van der Waals surface area contributed by atoms with Gasteiger partial charge in [0.25, 0.3) is 0 Å². The number of piperidine rings is 1. The Morgan fingerprint density at radius 2 is 1.85 bits per heavy atom.